The van der Waals surface area contributed by atoms with E-state index in [-0.39, 0.29) is 30.6 Å². The summed E-state index contributed by atoms with van der Waals surface area (Å²) < 4.78 is 40.3. The first-order chi connectivity index (χ1) is 13.2. The Bertz CT molecular complexity index is 749. The number of alkyl halides is 3. The molecule has 2 amide bonds. The third-order valence-electron chi connectivity index (χ3n) is 5.28. The van der Waals surface area contributed by atoms with Gasteiger partial charge in [0.25, 0.3) is 5.91 Å². The number of hydrogen-bond acceptors (Lipinski definition) is 5. The van der Waals surface area contributed by atoms with Crippen molar-refractivity contribution >= 4 is 23.2 Å². The average molecular weight is 399 g/mol. The highest BCUT2D eigenvalue weighted by molar-refractivity contribution is 6.05. The van der Waals surface area contributed by atoms with E-state index in [1.165, 1.54) is 11.0 Å². The molecule has 0 spiro atoms. The second kappa shape index (κ2) is 7.96. The summed E-state index contributed by atoms with van der Waals surface area (Å²) in [4.78, 5) is 27.5. The van der Waals surface area contributed by atoms with Gasteiger partial charge in [0.15, 0.2) is 0 Å². The summed E-state index contributed by atoms with van der Waals surface area (Å²) in [6, 6.07) is 2.62. The van der Waals surface area contributed by atoms with Crippen LogP contribution in [0.3, 0.4) is 0 Å². The molecule has 10 heteroatoms. The van der Waals surface area contributed by atoms with Crippen molar-refractivity contribution in [2.45, 2.75) is 25.2 Å². The zero-order chi connectivity index (χ0) is 20.5. The summed E-state index contributed by atoms with van der Waals surface area (Å²) in [6.07, 6.45) is -4.44. The lowest BCUT2D eigenvalue weighted by Crippen LogP contribution is -2.57. The molecule has 154 valence electrons. The second-order valence-corrected chi connectivity index (χ2v) is 7.06. The highest BCUT2D eigenvalue weighted by Crippen LogP contribution is 2.32. The van der Waals surface area contributed by atoms with Crippen LogP contribution in [0.5, 0.6) is 0 Å². The SMILES string of the molecule is CC1C(=O)Nc2cc(C(=O)NCC(N3CCNCC3)C(F)(F)F)ccc2N1C. The van der Waals surface area contributed by atoms with E-state index in [2.05, 4.69) is 16.0 Å². The Hall–Kier alpha value is -2.33. The van der Waals surface area contributed by atoms with Gasteiger partial charge >= 0.3 is 6.18 Å². The van der Waals surface area contributed by atoms with Gasteiger partial charge in [0.2, 0.25) is 5.91 Å². The Morgan fingerprint density at radius 2 is 2.00 bits per heavy atom. The molecule has 1 fully saturated rings. The number of anilines is 2. The van der Waals surface area contributed by atoms with Crippen molar-refractivity contribution in [1.29, 1.82) is 0 Å². The van der Waals surface area contributed by atoms with Crippen LogP contribution in [0.2, 0.25) is 0 Å². The first-order valence-corrected chi connectivity index (χ1v) is 9.16. The molecule has 3 rings (SSSR count). The number of carbonyl (C=O) groups excluding carboxylic acids is 2. The number of nitrogens with zero attached hydrogens (tertiary/aromatic N) is 2. The molecule has 3 N–H and O–H groups in total. The van der Waals surface area contributed by atoms with Gasteiger partial charge < -0.3 is 20.9 Å². The van der Waals surface area contributed by atoms with E-state index in [0.29, 0.717) is 18.8 Å². The van der Waals surface area contributed by atoms with Crippen molar-refractivity contribution in [3.05, 3.63) is 23.8 Å². The third-order valence-corrected chi connectivity index (χ3v) is 5.28. The quantitative estimate of drug-likeness (QED) is 0.705. The maximum absolute atomic E-state index is 13.4. The molecule has 1 saturated heterocycles. The molecular weight excluding hydrogens is 375 g/mol. The average Bonchev–Trinajstić information content (AvgIpc) is 2.65. The molecule has 2 atom stereocenters. The van der Waals surface area contributed by atoms with Crippen LogP contribution in [0.15, 0.2) is 18.2 Å². The third kappa shape index (κ3) is 4.22. The Morgan fingerprint density at radius 1 is 1.32 bits per heavy atom. The van der Waals surface area contributed by atoms with Crippen molar-refractivity contribution in [2.24, 2.45) is 0 Å². The summed E-state index contributed by atoms with van der Waals surface area (Å²) in [5, 5.41) is 8.13. The molecule has 7 nitrogen and oxygen atoms in total. The fourth-order valence-corrected chi connectivity index (χ4v) is 3.44. The van der Waals surface area contributed by atoms with Gasteiger partial charge in [0.1, 0.15) is 12.1 Å². The van der Waals surface area contributed by atoms with Crippen molar-refractivity contribution < 1.29 is 22.8 Å². The summed E-state index contributed by atoms with van der Waals surface area (Å²) in [7, 11) is 1.77. The van der Waals surface area contributed by atoms with Crippen LogP contribution in [0, 0.1) is 0 Å². The number of hydrogen-bond donors (Lipinski definition) is 3. The fourth-order valence-electron chi connectivity index (χ4n) is 3.44. The zero-order valence-electron chi connectivity index (χ0n) is 15.8. The summed E-state index contributed by atoms with van der Waals surface area (Å²) in [5.74, 6) is -0.814. The fraction of sp³-hybridized carbons (Fsp3) is 0.556. The van der Waals surface area contributed by atoms with E-state index in [1.807, 2.05) is 0 Å². The van der Waals surface area contributed by atoms with E-state index < -0.39 is 24.7 Å². The van der Waals surface area contributed by atoms with Crippen LogP contribution in [0.25, 0.3) is 0 Å². The van der Waals surface area contributed by atoms with E-state index >= 15 is 0 Å². The molecular formula is C18H24F3N5O2. The molecule has 0 aliphatic carbocycles. The zero-order valence-corrected chi connectivity index (χ0v) is 15.8. The molecule has 1 aromatic rings. The lowest BCUT2D eigenvalue weighted by atomic mass is 10.1. The summed E-state index contributed by atoms with van der Waals surface area (Å²) in [6.45, 7) is 2.74. The predicted octanol–water partition coefficient (Wildman–Crippen LogP) is 1.03. The van der Waals surface area contributed by atoms with Crippen LogP contribution in [0.1, 0.15) is 17.3 Å². The monoisotopic (exact) mass is 399 g/mol. The molecule has 1 aromatic carbocycles. The van der Waals surface area contributed by atoms with Gasteiger partial charge in [-0.05, 0) is 25.1 Å². The number of likely N-dealkylation sites (N-methyl/N-ethyl adjacent to an activating group) is 1. The Balaban J connectivity index is 1.70. The highest BCUT2D eigenvalue weighted by atomic mass is 19.4. The van der Waals surface area contributed by atoms with E-state index in [1.54, 1.807) is 31.0 Å². The van der Waals surface area contributed by atoms with Gasteiger partial charge in [-0.1, -0.05) is 0 Å². The van der Waals surface area contributed by atoms with Gasteiger partial charge in [0, 0.05) is 45.3 Å². The number of nitrogens with one attached hydrogen (secondary N) is 3. The van der Waals surface area contributed by atoms with E-state index in [9.17, 15) is 22.8 Å². The largest absolute Gasteiger partial charge is 0.405 e. The maximum Gasteiger partial charge on any atom is 0.405 e. The number of fused-ring (bicyclic) bond motifs is 1. The minimum Gasteiger partial charge on any atom is -0.361 e. The molecule has 0 aromatic heterocycles. The minimum absolute atomic E-state index is 0.197. The number of benzene rings is 1. The highest BCUT2D eigenvalue weighted by Gasteiger charge is 2.43. The van der Waals surface area contributed by atoms with Crippen LogP contribution >= 0.6 is 0 Å². The molecule has 2 unspecified atom stereocenters. The Labute approximate surface area is 161 Å². The molecule has 0 bridgehead atoms. The van der Waals surface area contributed by atoms with Crippen molar-refractivity contribution in [2.75, 3.05) is 50.0 Å². The van der Waals surface area contributed by atoms with Gasteiger partial charge in [-0.25, -0.2) is 0 Å². The first-order valence-electron chi connectivity index (χ1n) is 9.16. The predicted molar refractivity (Wildman–Crippen MR) is 99.6 cm³/mol. The van der Waals surface area contributed by atoms with Crippen molar-refractivity contribution in [3.63, 3.8) is 0 Å². The molecule has 28 heavy (non-hydrogen) atoms. The van der Waals surface area contributed by atoms with Crippen LogP contribution in [-0.2, 0) is 4.79 Å². The van der Waals surface area contributed by atoms with Gasteiger partial charge in [-0.15, -0.1) is 0 Å². The summed E-state index contributed by atoms with van der Waals surface area (Å²) in [5.41, 5.74) is 1.41. The number of halogens is 3. The maximum atomic E-state index is 13.4. The minimum atomic E-state index is -4.44. The first kappa shape index (κ1) is 20.4. The van der Waals surface area contributed by atoms with E-state index in [4.69, 9.17) is 0 Å². The van der Waals surface area contributed by atoms with Crippen LogP contribution in [0.4, 0.5) is 24.5 Å². The van der Waals surface area contributed by atoms with Gasteiger partial charge in [-0.2, -0.15) is 13.2 Å². The molecule has 2 aliphatic heterocycles. The number of amides is 2. The van der Waals surface area contributed by atoms with Crippen molar-refractivity contribution in [1.82, 2.24) is 15.5 Å². The number of piperazine rings is 1. The number of carbonyl (C=O) groups is 2. The molecule has 2 aliphatic rings. The second-order valence-electron chi connectivity index (χ2n) is 7.06. The topological polar surface area (TPSA) is 76.7 Å². The standard InChI is InChI=1S/C18H24F3N5O2/c1-11-16(27)24-13-9-12(3-4-14(13)25(11)2)17(28)23-10-15(18(19,20)21)26-7-5-22-6-8-26/h3-4,9,11,15,22H,5-8,10H2,1-2H3,(H,23,28)(H,24,27). The van der Waals surface area contributed by atoms with Crippen molar-refractivity contribution in [3.8, 4) is 0 Å². The number of rotatable bonds is 4. The van der Waals surface area contributed by atoms with E-state index in [0.717, 1.165) is 5.69 Å². The normalized spacial score (nSPS) is 21.7. The van der Waals surface area contributed by atoms with Crippen LogP contribution < -0.4 is 20.9 Å². The molecule has 0 saturated carbocycles. The smallest absolute Gasteiger partial charge is 0.361 e. The lowest BCUT2D eigenvalue weighted by molar-refractivity contribution is -0.183. The molecule has 0 radical (unpaired) electrons. The lowest BCUT2D eigenvalue weighted by Gasteiger charge is -2.36. The van der Waals surface area contributed by atoms with Gasteiger partial charge in [-0.3, -0.25) is 14.5 Å². The Kier molecular flexibility index (Phi) is 5.80. The Morgan fingerprint density at radius 3 is 2.64 bits per heavy atom. The summed E-state index contributed by atoms with van der Waals surface area (Å²) >= 11 is 0. The van der Waals surface area contributed by atoms with Crippen LogP contribution in [-0.4, -0.2) is 74.7 Å². The molecule has 2 heterocycles. The van der Waals surface area contributed by atoms with Gasteiger partial charge in [0.05, 0.1) is 11.4 Å².